The van der Waals surface area contributed by atoms with Gasteiger partial charge in [-0.1, -0.05) is 17.7 Å². The van der Waals surface area contributed by atoms with Crippen LogP contribution in [0.15, 0.2) is 24.4 Å². The zero-order valence-corrected chi connectivity index (χ0v) is 14.2. The number of nitrogens with zero attached hydrogens (tertiary/aromatic N) is 2. The highest BCUT2D eigenvalue weighted by Crippen LogP contribution is 2.30. The zero-order valence-electron chi connectivity index (χ0n) is 12.6. The van der Waals surface area contributed by atoms with Gasteiger partial charge >= 0.3 is 0 Å². The fourth-order valence-electron chi connectivity index (χ4n) is 2.75. The first kappa shape index (κ1) is 15.6. The van der Waals surface area contributed by atoms with Crippen molar-refractivity contribution >= 4 is 34.3 Å². The second-order valence-corrected chi connectivity index (χ2v) is 7.06. The molecule has 1 aliphatic heterocycles. The third-order valence-electron chi connectivity index (χ3n) is 3.86. The molecule has 0 spiro atoms. The maximum atomic E-state index is 5.87. The number of anilines is 2. The fourth-order valence-corrected chi connectivity index (χ4v) is 3.67. The maximum absolute atomic E-state index is 5.87. The number of nitrogens with one attached hydrogen (secondary N) is 1. The lowest BCUT2D eigenvalue weighted by Crippen LogP contribution is -2.32. The molecule has 3 rings (SSSR count). The number of ether oxygens (including phenoxy) is 1. The summed E-state index contributed by atoms with van der Waals surface area (Å²) in [6, 6.07) is 6.63. The zero-order chi connectivity index (χ0) is 15.4. The molecule has 6 heteroatoms. The Morgan fingerprint density at radius 3 is 3.14 bits per heavy atom. The Morgan fingerprint density at radius 2 is 2.36 bits per heavy atom. The van der Waals surface area contributed by atoms with Gasteiger partial charge in [0, 0.05) is 42.6 Å². The molecule has 2 heterocycles. The monoisotopic (exact) mass is 337 g/mol. The summed E-state index contributed by atoms with van der Waals surface area (Å²) >= 11 is 7.38. The summed E-state index contributed by atoms with van der Waals surface area (Å²) < 4.78 is 5.81. The molecule has 118 valence electrons. The first-order chi connectivity index (χ1) is 10.8. The number of thiazole rings is 1. The van der Waals surface area contributed by atoms with E-state index in [0.29, 0.717) is 4.47 Å². The quantitative estimate of drug-likeness (QED) is 0.869. The van der Waals surface area contributed by atoms with E-state index >= 15 is 0 Å². The van der Waals surface area contributed by atoms with Gasteiger partial charge < -0.3 is 15.0 Å². The molecule has 0 radical (unpaired) electrons. The van der Waals surface area contributed by atoms with Crippen molar-refractivity contribution in [1.82, 2.24) is 4.98 Å². The molecule has 0 amide bonds. The lowest BCUT2D eigenvalue weighted by molar-refractivity contribution is 0.205. The van der Waals surface area contributed by atoms with Gasteiger partial charge in [0.15, 0.2) is 4.47 Å². The molecule has 4 nitrogen and oxygen atoms in total. The van der Waals surface area contributed by atoms with E-state index in [1.807, 2.05) is 6.20 Å². The number of aryl methyl sites for hydroxylation is 1. The average molecular weight is 338 g/mol. The second kappa shape index (κ2) is 7.31. The van der Waals surface area contributed by atoms with E-state index in [0.717, 1.165) is 43.2 Å². The Morgan fingerprint density at radius 1 is 1.45 bits per heavy atom. The van der Waals surface area contributed by atoms with Crippen LogP contribution < -0.4 is 10.2 Å². The molecule has 1 aromatic carbocycles. The van der Waals surface area contributed by atoms with E-state index < -0.39 is 0 Å². The number of benzene rings is 1. The van der Waals surface area contributed by atoms with Gasteiger partial charge in [0.25, 0.3) is 0 Å². The van der Waals surface area contributed by atoms with Crippen molar-refractivity contribution < 1.29 is 4.74 Å². The average Bonchev–Trinajstić information content (AvgIpc) is 2.96. The molecule has 0 saturated carbocycles. The van der Waals surface area contributed by atoms with Crippen molar-refractivity contribution in [3.05, 3.63) is 39.3 Å². The van der Waals surface area contributed by atoms with Gasteiger partial charge in [0.1, 0.15) is 0 Å². The summed E-state index contributed by atoms with van der Waals surface area (Å²) in [6.45, 7) is 3.55. The Kier molecular flexibility index (Phi) is 5.18. The lowest BCUT2D eigenvalue weighted by Gasteiger charge is -2.31. The molecule has 2 aromatic rings. The molecule has 1 N–H and O–H groups in total. The first-order valence-corrected chi connectivity index (χ1v) is 8.66. The summed E-state index contributed by atoms with van der Waals surface area (Å²) in [4.78, 5) is 7.62. The van der Waals surface area contributed by atoms with Crippen LogP contribution in [0.1, 0.15) is 16.9 Å². The minimum absolute atomic E-state index is 0.591. The van der Waals surface area contributed by atoms with Crippen LogP contribution in [0.2, 0.25) is 4.47 Å². The summed E-state index contributed by atoms with van der Waals surface area (Å²) in [5, 5.41) is 3.45. The summed E-state index contributed by atoms with van der Waals surface area (Å²) in [5.41, 5.74) is 3.89. The van der Waals surface area contributed by atoms with E-state index in [4.69, 9.17) is 16.3 Å². The van der Waals surface area contributed by atoms with Gasteiger partial charge in [-0.15, -0.1) is 11.3 Å². The van der Waals surface area contributed by atoms with Gasteiger partial charge in [-0.2, -0.15) is 0 Å². The molecule has 0 unspecified atom stereocenters. The standard InChI is InChI=1S/C16H20ClN3OS/c1-21-8-7-20-6-2-3-12-4-5-13(9-15(12)20)18-10-14-11-19-16(17)22-14/h4-5,9,11,18H,2-3,6-8,10H2,1H3. The molecule has 0 atom stereocenters. The van der Waals surface area contributed by atoms with Crippen molar-refractivity contribution in [2.75, 3.05) is 37.0 Å². The summed E-state index contributed by atoms with van der Waals surface area (Å²) in [6.07, 6.45) is 4.19. The van der Waals surface area contributed by atoms with Crippen LogP contribution in [0.25, 0.3) is 0 Å². The van der Waals surface area contributed by atoms with Gasteiger partial charge in [-0.05, 0) is 30.5 Å². The smallest absolute Gasteiger partial charge is 0.183 e. The van der Waals surface area contributed by atoms with Crippen molar-refractivity contribution in [3.63, 3.8) is 0 Å². The molecule has 22 heavy (non-hydrogen) atoms. The minimum Gasteiger partial charge on any atom is -0.383 e. The van der Waals surface area contributed by atoms with Gasteiger partial charge in [-0.25, -0.2) is 4.98 Å². The van der Waals surface area contributed by atoms with Crippen LogP contribution in [-0.2, 0) is 17.7 Å². The van der Waals surface area contributed by atoms with E-state index in [9.17, 15) is 0 Å². The van der Waals surface area contributed by atoms with Gasteiger partial charge in [-0.3, -0.25) is 0 Å². The molecule has 0 aliphatic carbocycles. The van der Waals surface area contributed by atoms with Crippen LogP contribution in [0.5, 0.6) is 0 Å². The molecule has 1 aliphatic rings. The predicted octanol–water partition coefficient (Wildman–Crippen LogP) is 3.81. The number of fused-ring (bicyclic) bond motifs is 1. The third kappa shape index (κ3) is 3.72. The normalized spacial score (nSPS) is 14.0. The maximum Gasteiger partial charge on any atom is 0.183 e. The molecule has 0 fully saturated rings. The Bertz CT molecular complexity index is 632. The highest BCUT2D eigenvalue weighted by molar-refractivity contribution is 7.15. The largest absolute Gasteiger partial charge is 0.383 e. The Labute approximate surface area is 140 Å². The van der Waals surface area contributed by atoms with Gasteiger partial charge in [0.05, 0.1) is 13.2 Å². The Hall–Kier alpha value is -1.30. The number of aromatic nitrogens is 1. The van der Waals surface area contributed by atoms with Gasteiger partial charge in [0.2, 0.25) is 0 Å². The van der Waals surface area contributed by atoms with E-state index in [-0.39, 0.29) is 0 Å². The fraction of sp³-hybridized carbons (Fsp3) is 0.438. The number of rotatable bonds is 6. The molecular weight excluding hydrogens is 318 g/mol. The van der Waals surface area contributed by atoms with Crippen molar-refractivity contribution in [2.24, 2.45) is 0 Å². The van der Waals surface area contributed by atoms with Crippen molar-refractivity contribution in [3.8, 4) is 0 Å². The van der Waals surface area contributed by atoms with Crippen LogP contribution in [0.3, 0.4) is 0 Å². The first-order valence-electron chi connectivity index (χ1n) is 7.47. The third-order valence-corrected chi connectivity index (χ3v) is 4.97. The van der Waals surface area contributed by atoms with Crippen LogP contribution in [-0.4, -0.2) is 31.8 Å². The minimum atomic E-state index is 0.591. The van der Waals surface area contributed by atoms with E-state index in [2.05, 4.69) is 33.4 Å². The highest BCUT2D eigenvalue weighted by atomic mass is 35.5. The van der Waals surface area contributed by atoms with Crippen LogP contribution >= 0.6 is 22.9 Å². The predicted molar refractivity (Wildman–Crippen MR) is 93.3 cm³/mol. The topological polar surface area (TPSA) is 37.4 Å². The summed E-state index contributed by atoms with van der Waals surface area (Å²) in [5.74, 6) is 0. The van der Waals surface area contributed by atoms with Crippen molar-refractivity contribution in [2.45, 2.75) is 19.4 Å². The van der Waals surface area contributed by atoms with E-state index in [1.165, 1.54) is 29.0 Å². The van der Waals surface area contributed by atoms with E-state index in [1.54, 1.807) is 7.11 Å². The summed E-state index contributed by atoms with van der Waals surface area (Å²) in [7, 11) is 1.75. The number of hydrogen-bond acceptors (Lipinski definition) is 5. The molecule has 0 saturated heterocycles. The Balaban J connectivity index is 1.70. The van der Waals surface area contributed by atoms with Crippen LogP contribution in [0.4, 0.5) is 11.4 Å². The molecular formula is C16H20ClN3OS. The molecule has 0 bridgehead atoms. The van der Waals surface area contributed by atoms with Crippen molar-refractivity contribution in [1.29, 1.82) is 0 Å². The lowest BCUT2D eigenvalue weighted by atomic mass is 10.0. The number of hydrogen-bond donors (Lipinski definition) is 1. The highest BCUT2D eigenvalue weighted by Gasteiger charge is 2.16. The van der Waals surface area contributed by atoms with Crippen LogP contribution in [0, 0.1) is 0 Å². The number of methoxy groups -OCH3 is 1. The SMILES string of the molecule is COCCN1CCCc2ccc(NCc3cnc(Cl)s3)cc21. The second-order valence-electron chi connectivity index (χ2n) is 5.36. The molecule has 1 aromatic heterocycles. The number of halogens is 1.